The SMILES string of the molecule is CCCN(CC)CCNS(=O)(=O)c1cn[nH]c1. The molecule has 0 aliphatic carbocycles. The van der Waals surface area contributed by atoms with Crippen LogP contribution in [0.1, 0.15) is 20.3 Å². The van der Waals surface area contributed by atoms with Crippen molar-refractivity contribution in [3.63, 3.8) is 0 Å². The standard InChI is InChI=1S/C10H20N4O2S/c1-3-6-14(4-2)7-5-13-17(15,16)10-8-11-12-9-10/h8-9,13H,3-7H2,1-2H3,(H,11,12). The summed E-state index contributed by atoms with van der Waals surface area (Å²) in [6.07, 6.45) is 3.74. The van der Waals surface area contributed by atoms with Gasteiger partial charge in [0.2, 0.25) is 10.0 Å². The quantitative estimate of drug-likeness (QED) is 0.710. The highest BCUT2D eigenvalue weighted by atomic mass is 32.2. The van der Waals surface area contributed by atoms with Gasteiger partial charge in [0.05, 0.1) is 6.20 Å². The van der Waals surface area contributed by atoms with E-state index in [2.05, 4.69) is 33.7 Å². The molecule has 0 spiro atoms. The summed E-state index contributed by atoms with van der Waals surface area (Å²) < 4.78 is 26.0. The third-order valence-electron chi connectivity index (χ3n) is 2.49. The maximum Gasteiger partial charge on any atom is 0.243 e. The zero-order chi connectivity index (χ0) is 12.7. The van der Waals surface area contributed by atoms with Crippen LogP contribution in [0.3, 0.4) is 0 Å². The van der Waals surface area contributed by atoms with Gasteiger partial charge in [-0.15, -0.1) is 0 Å². The van der Waals surface area contributed by atoms with Gasteiger partial charge in [-0.1, -0.05) is 13.8 Å². The van der Waals surface area contributed by atoms with Crippen molar-refractivity contribution in [3.05, 3.63) is 12.4 Å². The fraction of sp³-hybridized carbons (Fsp3) is 0.700. The summed E-state index contributed by atoms with van der Waals surface area (Å²) in [5.41, 5.74) is 0. The molecule has 0 saturated heterocycles. The lowest BCUT2D eigenvalue weighted by atomic mass is 10.4. The molecule has 0 unspecified atom stereocenters. The van der Waals surface area contributed by atoms with Crippen molar-refractivity contribution in [2.24, 2.45) is 0 Å². The molecule has 2 N–H and O–H groups in total. The fourth-order valence-corrected chi connectivity index (χ4v) is 2.48. The Hall–Kier alpha value is -0.920. The summed E-state index contributed by atoms with van der Waals surface area (Å²) in [6.45, 7) is 7.24. The molecule has 0 amide bonds. The van der Waals surface area contributed by atoms with Gasteiger partial charge in [0.15, 0.2) is 0 Å². The molecule has 0 radical (unpaired) electrons. The molecule has 1 aromatic heterocycles. The van der Waals surface area contributed by atoms with Crippen molar-refractivity contribution in [2.75, 3.05) is 26.2 Å². The number of H-pyrrole nitrogens is 1. The van der Waals surface area contributed by atoms with E-state index in [-0.39, 0.29) is 4.90 Å². The predicted molar refractivity (Wildman–Crippen MR) is 66.2 cm³/mol. The van der Waals surface area contributed by atoms with Crippen molar-refractivity contribution in [1.82, 2.24) is 19.8 Å². The van der Waals surface area contributed by atoms with Gasteiger partial charge in [-0.2, -0.15) is 5.10 Å². The van der Waals surface area contributed by atoms with E-state index in [1.165, 1.54) is 12.4 Å². The molecule has 0 aliphatic heterocycles. The van der Waals surface area contributed by atoms with Crippen LogP contribution in [0.5, 0.6) is 0 Å². The molecule has 0 aliphatic rings. The lowest BCUT2D eigenvalue weighted by Crippen LogP contribution is -2.35. The van der Waals surface area contributed by atoms with Gasteiger partial charge in [0.1, 0.15) is 4.90 Å². The van der Waals surface area contributed by atoms with E-state index in [0.29, 0.717) is 6.54 Å². The molecule has 0 fully saturated rings. The molecule has 0 atom stereocenters. The van der Waals surface area contributed by atoms with Crippen LogP contribution in [0.4, 0.5) is 0 Å². The van der Waals surface area contributed by atoms with Gasteiger partial charge >= 0.3 is 0 Å². The molecule has 0 aromatic carbocycles. The van der Waals surface area contributed by atoms with Crippen LogP contribution >= 0.6 is 0 Å². The zero-order valence-corrected chi connectivity index (χ0v) is 11.1. The number of sulfonamides is 1. The summed E-state index contributed by atoms with van der Waals surface area (Å²) >= 11 is 0. The third kappa shape index (κ3) is 4.45. The molecule has 17 heavy (non-hydrogen) atoms. The molecule has 6 nitrogen and oxygen atoms in total. The van der Waals surface area contributed by atoms with E-state index >= 15 is 0 Å². The Morgan fingerprint density at radius 2 is 2.18 bits per heavy atom. The lowest BCUT2D eigenvalue weighted by molar-refractivity contribution is 0.293. The molecule has 98 valence electrons. The van der Waals surface area contributed by atoms with Crippen LogP contribution in [0, 0.1) is 0 Å². The molecule has 1 aromatic rings. The van der Waals surface area contributed by atoms with E-state index in [9.17, 15) is 8.42 Å². The molecule has 7 heteroatoms. The highest BCUT2D eigenvalue weighted by molar-refractivity contribution is 7.89. The smallest absolute Gasteiger partial charge is 0.243 e. The number of aromatic nitrogens is 2. The van der Waals surface area contributed by atoms with Gasteiger partial charge in [0.25, 0.3) is 0 Å². The first-order chi connectivity index (χ1) is 8.10. The minimum Gasteiger partial charge on any atom is -0.302 e. The highest BCUT2D eigenvalue weighted by Gasteiger charge is 2.14. The highest BCUT2D eigenvalue weighted by Crippen LogP contribution is 2.03. The van der Waals surface area contributed by atoms with Crippen molar-refractivity contribution in [1.29, 1.82) is 0 Å². The average Bonchev–Trinajstić information content (AvgIpc) is 2.81. The second-order valence-corrected chi connectivity index (χ2v) is 5.53. The first-order valence-corrected chi connectivity index (χ1v) is 7.29. The zero-order valence-electron chi connectivity index (χ0n) is 10.3. The van der Waals surface area contributed by atoms with E-state index in [4.69, 9.17) is 0 Å². The van der Waals surface area contributed by atoms with Gasteiger partial charge in [-0.3, -0.25) is 5.10 Å². The maximum atomic E-state index is 11.7. The van der Waals surface area contributed by atoms with Gasteiger partial charge < -0.3 is 4.90 Å². The normalized spacial score (nSPS) is 12.2. The first-order valence-electron chi connectivity index (χ1n) is 5.81. The second-order valence-electron chi connectivity index (χ2n) is 3.77. The lowest BCUT2D eigenvalue weighted by Gasteiger charge is -2.19. The van der Waals surface area contributed by atoms with Crippen LogP contribution in [-0.2, 0) is 10.0 Å². The molecule has 1 rings (SSSR count). The Balaban J connectivity index is 2.41. The molecule has 0 saturated carbocycles. The number of rotatable bonds is 8. The largest absolute Gasteiger partial charge is 0.302 e. The Labute approximate surface area is 102 Å². The fourth-order valence-electron chi connectivity index (χ4n) is 1.55. The second kappa shape index (κ2) is 6.73. The Morgan fingerprint density at radius 1 is 1.41 bits per heavy atom. The van der Waals surface area contributed by atoms with Gasteiger partial charge in [-0.25, -0.2) is 13.1 Å². The molecule has 1 heterocycles. The number of nitrogens with one attached hydrogen (secondary N) is 2. The maximum absolute atomic E-state index is 11.7. The summed E-state index contributed by atoms with van der Waals surface area (Å²) in [5.74, 6) is 0. The molecule has 0 bridgehead atoms. The van der Waals surface area contributed by atoms with Crippen molar-refractivity contribution >= 4 is 10.0 Å². The first kappa shape index (κ1) is 14.1. The van der Waals surface area contributed by atoms with E-state index in [0.717, 1.165) is 26.1 Å². The Kier molecular flexibility index (Phi) is 5.60. The Morgan fingerprint density at radius 3 is 2.71 bits per heavy atom. The van der Waals surface area contributed by atoms with E-state index in [1.54, 1.807) is 0 Å². The van der Waals surface area contributed by atoms with Gasteiger partial charge in [0, 0.05) is 19.3 Å². The minimum absolute atomic E-state index is 0.177. The van der Waals surface area contributed by atoms with Crippen molar-refractivity contribution in [3.8, 4) is 0 Å². The summed E-state index contributed by atoms with van der Waals surface area (Å²) in [4.78, 5) is 2.38. The topological polar surface area (TPSA) is 78.1 Å². The average molecular weight is 260 g/mol. The van der Waals surface area contributed by atoms with Crippen molar-refractivity contribution in [2.45, 2.75) is 25.2 Å². The number of hydrogen-bond acceptors (Lipinski definition) is 4. The number of hydrogen-bond donors (Lipinski definition) is 2. The minimum atomic E-state index is -3.41. The Bertz CT molecular complexity index is 402. The predicted octanol–water partition coefficient (Wildman–Crippen LogP) is 0.420. The van der Waals surface area contributed by atoms with Crippen LogP contribution in [0.25, 0.3) is 0 Å². The van der Waals surface area contributed by atoms with Crippen LogP contribution < -0.4 is 4.72 Å². The third-order valence-corrected chi connectivity index (χ3v) is 3.92. The number of likely N-dealkylation sites (N-methyl/N-ethyl adjacent to an activating group) is 1. The molecular weight excluding hydrogens is 240 g/mol. The summed E-state index contributed by atoms with van der Waals surface area (Å²) in [5, 5.41) is 6.11. The summed E-state index contributed by atoms with van der Waals surface area (Å²) in [6, 6.07) is 0. The number of nitrogens with zero attached hydrogens (tertiary/aromatic N) is 2. The van der Waals surface area contributed by atoms with Gasteiger partial charge in [-0.05, 0) is 19.5 Å². The van der Waals surface area contributed by atoms with Crippen LogP contribution in [0.15, 0.2) is 17.3 Å². The monoisotopic (exact) mass is 260 g/mol. The molecular formula is C10H20N4O2S. The number of aromatic amines is 1. The van der Waals surface area contributed by atoms with Crippen LogP contribution in [0.2, 0.25) is 0 Å². The van der Waals surface area contributed by atoms with Crippen molar-refractivity contribution < 1.29 is 8.42 Å². The van der Waals surface area contributed by atoms with Crippen LogP contribution in [-0.4, -0.2) is 49.7 Å². The summed E-state index contributed by atoms with van der Waals surface area (Å²) in [7, 11) is -3.41. The van der Waals surface area contributed by atoms with E-state index in [1.807, 2.05) is 0 Å². The van der Waals surface area contributed by atoms with E-state index < -0.39 is 10.0 Å².